The van der Waals surface area contributed by atoms with Crippen LogP contribution >= 0.6 is 0 Å². The molecule has 1 heterocycles. The Morgan fingerprint density at radius 3 is 2.43 bits per heavy atom. The molecular formula is C18H31N5. The molecular weight excluding hydrogens is 286 g/mol. The van der Waals surface area contributed by atoms with Crippen molar-refractivity contribution in [3.63, 3.8) is 0 Å². The van der Waals surface area contributed by atoms with Crippen molar-refractivity contribution in [2.24, 2.45) is 4.99 Å². The Bertz CT molecular complexity index is 464. The Labute approximate surface area is 140 Å². The average molecular weight is 317 g/mol. The molecule has 1 aliphatic rings. The molecule has 1 aromatic rings. The van der Waals surface area contributed by atoms with Crippen molar-refractivity contribution in [1.82, 2.24) is 15.5 Å². The number of nitrogens with one attached hydrogen (secondary N) is 2. The third kappa shape index (κ3) is 6.10. The summed E-state index contributed by atoms with van der Waals surface area (Å²) in [4.78, 5) is 9.26. The van der Waals surface area contributed by atoms with Gasteiger partial charge >= 0.3 is 0 Å². The molecule has 1 fully saturated rings. The van der Waals surface area contributed by atoms with Gasteiger partial charge in [0.05, 0.1) is 0 Å². The molecule has 0 amide bonds. The number of anilines is 1. The summed E-state index contributed by atoms with van der Waals surface area (Å²) in [7, 11) is 1.82. The van der Waals surface area contributed by atoms with E-state index in [2.05, 4.69) is 69.6 Å². The number of guanidine groups is 1. The van der Waals surface area contributed by atoms with Gasteiger partial charge in [-0.05, 0) is 38.9 Å². The number of benzene rings is 1. The van der Waals surface area contributed by atoms with Crippen LogP contribution in [-0.2, 0) is 0 Å². The van der Waals surface area contributed by atoms with Gasteiger partial charge in [-0.1, -0.05) is 18.2 Å². The summed E-state index contributed by atoms with van der Waals surface area (Å²) in [6, 6.07) is 11.1. The van der Waals surface area contributed by atoms with E-state index in [1.54, 1.807) is 0 Å². The molecule has 2 N–H and O–H groups in total. The molecule has 0 bridgehead atoms. The van der Waals surface area contributed by atoms with E-state index in [4.69, 9.17) is 0 Å². The third-order valence-corrected chi connectivity index (χ3v) is 4.09. The number of piperazine rings is 1. The van der Waals surface area contributed by atoms with E-state index in [0.29, 0.717) is 6.04 Å². The summed E-state index contributed by atoms with van der Waals surface area (Å²) in [5, 5.41) is 6.69. The highest BCUT2D eigenvalue weighted by Gasteiger charge is 2.16. The first-order chi connectivity index (χ1) is 11.2. The molecule has 0 aliphatic carbocycles. The van der Waals surface area contributed by atoms with Crippen LogP contribution in [0.1, 0.15) is 20.3 Å². The molecule has 0 aromatic heterocycles. The first-order valence-electron chi connectivity index (χ1n) is 8.68. The van der Waals surface area contributed by atoms with Crippen LogP contribution in [0.2, 0.25) is 0 Å². The van der Waals surface area contributed by atoms with Crippen molar-refractivity contribution in [1.29, 1.82) is 0 Å². The van der Waals surface area contributed by atoms with Crippen LogP contribution in [0, 0.1) is 0 Å². The Balaban J connectivity index is 1.62. The summed E-state index contributed by atoms with van der Waals surface area (Å²) >= 11 is 0. The summed E-state index contributed by atoms with van der Waals surface area (Å²) in [6.07, 6.45) is 1.14. The van der Waals surface area contributed by atoms with Gasteiger partial charge in [0.15, 0.2) is 5.96 Å². The zero-order valence-corrected chi connectivity index (χ0v) is 14.8. The van der Waals surface area contributed by atoms with Crippen LogP contribution in [0.5, 0.6) is 0 Å². The van der Waals surface area contributed by atoms with Gasteiger partial charge in [0.2, 0.25) is 0 Å². The van der Waals surface area contributed by atoms with Crippen molar-refractivity contribution >= 4 is 11.6 Å². The van der Waals surface area contributed by atoms with Crippen LogP contribution in [0.25, 0.3) is 0 Å². The molecule has 0 saturated carbocycles. The monoisotopic (exact) mass is 317 g/mol. The van der Waals surface area contributed by atoms with E-state index < -0.39 is 0 Å². The zero-order valence-electron chi connectivity index (χ0n) is 14.8. The number of nitrogens with zero attached hydrogens (tertiary/aromatic N) is 3. The Kier molecular flexibility index (Phi) is 7.20. The van der Waals surface area contributed by atoms with Crippen molar-refractivity contribution in [3.05, 3.63) is 30.3 Å². The molecule has 1 aliphatic heterocycles. The highest BCUT2D eigenvalue weighted by molar-refractivity contribution is 5.79. The normalized spacial score (nSPS) is 16.7. The van der Waals surface area contributed by atoms with Crippen LogP contribution in [0.3, 0.4) is 0 Å². The molecule has 0 unspecified atom stereocenters. The van der Waals surface area contributed by atoms with Gasteiger partial charge in [0.25, 0.3) is 0 Å². The maximum absolute atomic E-state index is 4.23. The van der Waals surface area contributed by atoms with Gasteiger partial charge in [0.1, 0.15) is 0 Å². The topological polar surface area (TPSA) is 42.9 Å². The van der Waals surface area contributed by atoms with Gasteiger partial charge in [0, 0.05) is 51.5 Å². The largest absolute Gasteiger partial charge is 0.369 e. The SMILES string of the molecule is CN=C(NCCCN1CCN(c2ccccc2)CC1)NC(C)C. The van der Waals surface area contributed by atoms with Gasteiger partial charge in [-0.15, -0.1) is 0 Å². The van der Waals surface area contributed by atoms with E-state index in [1.165, 1.54) is 5.69 Å². The lowest BCUT2D eigenvalue weighted by Gasteiger charge is -2.36. The fourth-order valence-electron chi connectivity index (χ4n) is 2.85. The molecule has 0 spiro atoms. The fraction of sp³-hybridized carbons (Fsp3) is 0.611. The highest BCUT2D eigenvalue weighted by atomic mass is 15.3. The van der Waals surface area contributed by atoms with E-state index in [9.17, 15) is 0 Å². The molecule has 128 valence electrons. The summed E-state index contributed by atoms with van der Waals surface area (Å²) < 4.78 is 0. The average Bonchev–Trinajstić information content (AvgIpc) is 2.58. The second-order valence-corrected chi connectivity index (χ2v) is 6.32. The van der Waals surface area contributed by atoms with Gasteiger partial charge in [-0.3, -0.25) is 9.89 Å². The van der Waals surface area contributed by atoms with Crippen LogP contribution < -0.4 is 15.5 Å². The Morgan fingerprint density at radius 2 is 1.83 bits per heavy atom. The van der Waals surface area contributed by atoms with Gasteiger partial charge in [-0.25, -0.2) is 0 Å². The molecule has 0 atom stereocenters. The second kappa shape index (κ2) is 9.40. The maximum atomic E-state index is 4.23. The molecule has 2 rings (SSSR count). The van der Waals surface area contributed by atoms with Crippen LogP contribution in [-0.4, -0.2) is 63.2 Å². The standard InChI is InChI=1S/C18H31N5/c1-16(2)21-18(19-3)20-10-7-11-22-12-14-23(15-13-22)17-8-5-4-6-9-17/h4-6,8-9,16H,7,10-15H2,1-3H3,(H2,19,20,21). The van der Waals surface area contributed by atoms with Crippen molar-refractivity contribution in [2.45, 2.75) is 26.3 Å². The van der Waals surface area contributed by atoms with Gasteiger partial charge in [-0.2, -0.15) is 0 Å². The molecule has 1 aromatic carbocycles. The van der Waals surface area contributed by atoms with Crippen LogP contribution in [0.15, 0.2) is 35.3 Å². The third-order valence-electron chi connectivity index (χ3n) is 4.09. The number of para-hydroxylation sites is 1. The minimum Gasteiger partial charge on any atom is -0.369 e. The number of rotatable bonds is 6. The van der Waals surface area contributed by atoms with E-state index in [0.717, 1.165) is 51.6 Å². The predicted molar refractivity (Wildman–Crippen MR) is 99.3 cm³/mol. The van der Waals surface area contributed by atoms with Crippen molar-refractivity contribution < 1.29 is 0 Å². The van der Waals surface area contributed by atoms with Gasteiger partial charge < -0.3 is 15.5 Å². The molecule has 1 saturated heterocycles. The number of hydrogen-bond acceptors (Lipinski definition) is 3. The van der Waals surface area contributed by atoms with Crippen LogP contribution in [0.4, 0.5) is 5.69 Å². The fourth-order valence-corrected chi connectivity index (χ4v) is 2.85. The lowest BCUT2D eigenvalue weighted by atomic mass is 10.2. The molecule has 5 heteroatoms. The van der Waals surface area contributed by atoms with Crippen molar-refractivity contribution in [2.75, 3.05) is 51.2 Å². The minimum atomic E-state index is 0.410. The number of hydrogen-bond donors (Lipinski definition) is 2. The first kappa shape index (κ1) is 17.6. The Hall–Kier alpha value is -1.75. The van der Waals surface area contributed by atoms with E-state index >= 15 is 0 Å². The number of aliphatic imine (C=N–C) groups is 1. The first-order valence-corrected chi connectivity index (χ1v) is 8.68. The quantitative estimate of drug-likeness (QED) is 0.477. The van der Waals surface area contributed by atoms with E-state index in [1.807, 2.05) is 7.05 Å². The minimum absolute atomic E-state index is 0.410. The highest BCUT2D eigenvalue weighted by Crippen LogP contribution is 2.15. The molecule has 5 nitrogen and oxygen atoms in total. The molecule has 23 heavy (non-hydrogen) atoms. The summed E-state index contributed by atoms with van der Waals surface area (Å²) in [6.45, 7) is 10.9. The van der Waals surface area contributed by atoms with E-state index in [-0.39, 0.29) is 0 Å². The second-order valence-electron chi connectivity index (χ2n) is 6.32. The van der Waals surface area contributed by atoms with Crippen molar-refractivity contribution in [3.8, 4) is 0 Å². The zero-order chi connectivity index (χ0) is 16.5. The lowest BCUT2D eigenvalue weighted by molar-refractivity contribution is 0.255. The predicted octanol–water partition coefficient (Wildman–Crippen LogP) is 1.77. The Morgan fingerprint density at radius 1 is 1.13 bits per heavy atom. The summed E-state index contributed by atoms with van der Waals surface area (Å²) in [5.41, 5.74) is 1.34. The smallest absolute Gasteiger partial charge is 0.191 e. The maximum Gasteiger partial charge on any atom is 0.191 e. The summed E-state index contributed by atoms with van der Waals surface area (Å²) in [5.74, 6) is 0.897. The molecule has 0 radical (unpaired) electrons. The lowest BCUT2D eigenvalue weighted by Crippen LogP contribution is -2.47.